The first-order valence-corrected chi connectivity index (χ1v) is 9.47. The van der Waals surface area contributed by atoms with Crippen molar-refractivity contribution < 1.29 is 19.3 Å². The van der Waals surface area contributed by atoms with E-state index in [1.807, 2.05) is 0 Å². The predicted octanol–water partition coefficient (Wildman–Crippen LogP) is 1.10. The summed E-state index contributed by atoms with van der Waals surface area (Å²) in [7, 11) is 0. The van der Waals surface area contributed by atoms with E-state index in [0.29, 0.717) is 22.7 Å². The standard InChI is InChI=1S/C17H18FN5O3S/c18-10-3-1-9(2-4-10)5-27-6-11-13(24)14(25)17(26-11)23-8-22-12-15(19)20-7-21-16(12)23/h1-4,7-8,11,13-14,17,24-25H,5-6H2,(H2,19,20,21)/t11-,13-,14?,17?/m0/s1. The minimum atomic E-state index is -1.13. The third-order valence-electron chi connectivity index (χ3n) is 4.46. The fraction of sp³-hybridized carbons (Fsp3) is 0.353. The van der Waals surface area contributed by atoms with Crippen molar-refractivity contribution in [1.82, 2.24) is 19.5 Å². The number of hydrogen-bond donors (Lipinski definition) is 3. The third-order valence-corrected chi connectivity index (χ3v) is 5.56. The van der Waals surface area contributed by atoms with Crippen LogP contribution < -0.4 is 5.73 Å². The van der Waals surface area contributed by atoms with Gasteiger partial charge in [0.1, 0.15) is 29.9 Å². The molecular formula is C17H18FN5O3S. The highest BCUT2D eigenvalue weighted by Crippen LogP contribution is 2.33. The molecule has 4 atom stereocenters. The van der Waals surface area contributed by atoms with E-state index in [4.69, 9.17) is 10.5 Å². The highest BCUT2D eigenvalue weighted by Gasteiger charge is 2.44. The molecule has 10 heteroatoms. The van der Waals surface area contributed by atoms with Gasteiger partial charge in [0.2, 0.25) is 0 Å². The van der Waals surface area contributed by atoms with Crippen LogP contribution in [-0.4, -0.2) is 53.8 Å². The van der Waals surface area contributed by atoms with Gasteiger partial charge in [-0.15, -0.1) is 0 Å². The van der Waals surface area contributed by atoms with Gasteiger partial charge in [0, 0.05) is 11.5 Å². The normalized spacial score (nSPS) is 25.3. The number of nitrogens with two attached hydrogens (primary N) is 1. The Balaban J connectivity index is 1.44. The molecule has 3 heterocycles. The number of nitrogen functional groups attached to an aromatic ring is 1. The summed E-state index contributed by atoms with van der Waals surface area (Å²) in [5.41, 5.74) is 7.60. The molecule has 1 saturated heterocycles. The van der Waals surface area contributed by atoms with Crippen LogP contribution in [0.5, 0.6) is 0 Å². The molecule has 142 valence electrons. The largest absolute Gasteiger partial charge is 0.387 e. The summed E-state index contributed by atoms with van der Waals surface area (Å²) >= 11 is 1.53. The maximum atomic E-state index is 13.0. The molecular weight excluding hydrogens is 373 g/mol. The Kier molecular flexibility index (Phi) is 4.96. The Hall–Kier alpha value is -2.27. The number of halogens is 1. The summed E-state index contributed by atoms with van der Waals surface area (Å²) in [6, 6.07) is 6.25. The van der Waals surface area contributed by atoms with Crippen molar-refractivity contribution in [2.45, 2.75) is 30.3 Å². The highest BCUT2D eigenvalue weighted by molar-refractivity contribution is 7.98. The summed E-state index contributed by atoms with van der Waals surface area (Å²) in [5.74, 6) is 1.07. The number of fused-ring (bicyclic) bond motifs is 1. The zero-order valence-corrected chi connectivity index (χ0v) is 15.0. The topological polar surface area (TPSA) is 119 Å². The zero-order chi connectivity index (χ0) is 19.0. The average molecular weight is 391 g/mol. The zero-order valence-electron chi connectivity index (χ0n) is 14.1. The summed E-state index contributed by atoms with van der Waals surface area (Å²) in [4.78, 5) is 12.2. The van der Waals surface area contributed by atoms with E-state index < -0.39 is 24.5 Å². The highest BCUT2D eigenvalue weighted by atomic mass is 32.2. The Morgan fingerprint density at radius 2 is 1.93 bits per heavy atom. The average Bonchev–Trinajstić information content (AvgIpc) is 3.21. The summed E-state index contributed by atoms with van der Waals surface area (Å²) in [6.45, 7) is 0. The van der Waals surface area contributed by atoms with Crippen LogP contribution in [-0.2, 0) is 10.5 Å². The van der Waals surface area contributed by atoms with Crippen molar-refractivity contribution in [1.29, 1.82) is 0 Å². The van der Waals surface area contributed by atoms with Gasteiger partial charge in [-0.05, 0) is 17.7 Å². The number of ether oxygens (including phenoxy) is 1. The predicted molar refractivity (Wildman–Crippen MR) is 98.2 cm³/mol. The van der Waals surface area contributed by atoms with Crippen LogP contribution in [0, 0.1) is 5.82 Å². The Labute approximate surface area is 158 Å². The lowest BCUT2D eigenvalue weighted by Gasteiger charge is -2.16. The Morgan fingerprint density at radius 1 is 1.15 bits per heavy atom. The summed E-state index contributed by atoms with van der Waals surface area (Å²) in [6.07, 6.45) is -0.793. The van der Waals surface area contributed by atoms with Crippen LogP contribution in [0.25, 0.3) is 11.2 Å². The smallest absolute Gasteiger partial charge is 0.167 e. The molecule has 0 bridgehead atoms. The number of nitrogens with zero attached hydrogens (tertiary/aromatic N) is 4. The second kappa shape index (κ2) is 7.39. The van der Waals surface area contributed by atoms with E-state index in [1.54, 1.807) is 16.7 Å². The number of aliphatic hydroxyl groups excluding tert-OH is 2. The van der Waals surface area contributed by atoms with Crippen LogP contribution >= 0.6 is 11.8 Å². The summed E-state index contributed by atoms with van der Waals surface area (Å²) in [5, 5.41) is 20.8. The number of imidazole rings is 1. The SMILES string of the molecule is Nc1ncnc2c1ncn2C1O[C@@H](CSCc2ccc(F)cc2)[C@H](O)C1O. The molecule has 1 aliphatic rings. The second-order valence-electron chi connectivity index (χ2n) is 6.27. The fourth-order valence-electron chi connectivity index (χ4n) is 3.03. The molecule has 4 N–H and O–H groups in total. The molecule has 1 fully saturated rings. The Bertz CT molecular complexity index is 938. The van der Waals surface area contributed by atoms with Gasteiger partial charge in [-0.25, -0.2) is 19.3 Å². The molecule has 0 amide bonds. The molecule has 3 aromatic rings. The van der Waals surface area contributed by atoms with Crippen molar-refractivity contribution in [2.75, 3.05) is 11.5 Å². The lowest BCUT2D eigenvalue weighted by atomic mass is 10.1. The van der Waals surface area contributed by atoms with Crippen molar-refractivity contribution in [3.05, 3.63) is 48.3 Å². The van der Waals surface area contributed by atoms with Gasteiger partial charge in [-0.2, -0.15) is 11.8 Å². The van der Waals surface area contributed by atoms with Crippen LogP contribution in [0.3, 0.4) is 0 Å². The second-order valence-corrected chi connectivity index (χ2v) is 7.30. The van der Waals surface area contributed by atoms with Gasteiger partial charge in [-0.1, -0.05) is 12.1 Å². The van der Waals surface area contributed by atoms with Crippen LogP contribution in [0.1, 0.15) is 11.8 Å². The first-order valence-electron chi connectivity index (χ1n) is 8.31. The number of anilines is 1. The molecule has 1 aromatic carbocycles. The summed E-state index contributed by atoms with van der Waals surface area (Å²) < 4.78 is 20.4. The van der Waals surface area contributed by atoms with E-state index in [2.05, 4.69) is 15.0 Å². The van der Waals surface area contributed by atoms with Crippen molar-refractivity contribution >= 4 is 28.7 Å². The molecule has 0 saturated carbocycles. The van der Waals surface area contributed by atoms with E-state index in [-0.39, 0.29) is 11.6 Å². The van der Waals surface area contributed by atoms with Crippen LogP contribution in [0.2, 0.25) is 0 Å². The molecule has 4 rings (SSSR count). The molecule has 0 aliphatic carbocycles. The van der Waals surface area contributed by atoms with E-state index >= 15 is 0 Å². The minimum Gasteiger partial charge on any atom is -0.387 e. The number of rotatable bonds is 5. The maximum Gasteiger partial charge on any atom is 0.167 e. The molecule has 27 heavy (non-hydrogen) atoms. The van der Waals surface area contributed by atoms with Gasteiger partial charge in [0.25, 0.3) is 0 Å². The van der Waals surface area contributed by atoms with Crippen LogP contribution in [0.15, 0.2) is 36.9 Å². The number of benzene rings is 1. The minimum absolute atomic E-state index is 0.234. The third kappa shape index (κ3) is 3.48. The van der Waals surface area contributed by atoms with Crippen molar-refractivity contribution in [3.8, 4) is 0 Å². The van der Waals surface area contributed by atoms with Gasteiger partial charge in [0.15, 0.2) is 17.7 Å². The molecule has 2 aromatic heterocycles. The van der Waals surface area contributed by atoms with Crippen molar-refractivity contribution in [3.63, 3.8) is 0 Å². The Morgan fingerprint density at radius 3 is 2.70 bits per heavy atom. The fourth-order valence-corrected chi connectivity index (χ4v) is 4.08. The van der Waals surface area contributed by atoms with E-state index in [1.165, 1.54) is 36.5 Å². The molecule has 0 spiro atoms. The maximum absolute atomic E-state index is 13.0. The number of aromatic nitrogens is 4. The number of thioether (sulfide) groups is 1. The van der Waals surface area contributed by atoms with Gasteiger partial charge < -0.3 is 20.7 Å². The van der Waals surface area contributed by atoms with Crippen LogP contribution in [0.4, 0.5) is 10.2 Å². The lowest BCUT2D eigenvalue weighted by Crippen LogP contribution is -2.32. The number of hydrogen-bond acceptors (Lipinski definition) is 8. The molecule has 1 aliphatic heterocycles. The van der Waals surface area contributed by atoms with E-state index in [9.17, 15) is 14.6 Å². The van der Waals surface area contributed by atoms with Crippen molar-refractivity contribution in [2.24, 2.45) is 0 Å². The first kappa shape index (κ1) is 18.1. The first-order chi connectivity index (χ1) is 13.0. The number of aliphatic hydroxyl groups is 2. The van der Waals surface area contributed by atoms with Gasteiger partial charge in [-0.3, -0.25) is 4.57 Å². The lowest BCUT2D eigenvalue weighted by molar-refractivity contribution is -0.0289. The molecule has 0 radical (unpaired) electrons. The molecule has 2 unspecified atom stereocenters. The van der Waals surface area contributed by atoms with E-state index in [0.717, 1.165) is 5.56 Å². The monoisotopic (exact) mass is 391 g/mol. The quantitative estimate of drug-likeness (QED) is 0.592. The molecule has 8 nitrogen and oxygen atoms in total. The van der Waals surface area contributed by atoms with Gasteiger partial charge >= 0.3 is 0 Å². The van der Waals surface area contributed by atoms with Gasteiger partial charge in [0.05, 0.1) is 12.4 Å².